The van der Waals surface area contributed by atoms with E-state index in [4.69, 9.17) is 9.47 Å². The van der Waals surface area contributed by atoms with Gasteiger partial charge in [0.1, 0.15) is 13.2 Å². The molecule has 1 fully saturated rings. The van der Waals surface area contributed by atoms with E-state index in [2.05, 4.69) is 19.1 Å². The Morgan fingerprint density at radius 1 is 0.351 bits per heavy atom. The number of rotatable bonds is 59. The van der Waals surface area contributed by atoms with E-state index in [1.165, 1.54) is 334 Å². The molecule has 1 atom stereocenters. The van der Waals surface area contributed by atoms with Crippen LogP contribution in [0.25, 0.3) is 0 Å². The molecule has 6 heteroatoms. The van der Waals surface area contributed by atoms with Crippen molar-refractivity contribution in [3.05, 3.63) is 12.2 Å². The third-order valence-electron chi connectivity index (χ3n) is 16.8. The zero-order chi connectivity index (χ0) is 53.2. The van der Waals surface area contributed by atoms with Crippen LogP contribution in [0.3, 0.4) is 0 Å². The van der Waals surface area contributed by atoms with Gasteiger partial charge in [-0.05, 0) is 32.1 Å². The summed E-state index contributed by atoms with van der Waals surface area (Å²) in [6.45, 7) is 1.17. The van der Waals surface area contributed by atoms with Crippen molar-refractivity contribution in [1.82, 2.24) is 0 Å². The van der Waals surface area contributed by atoms with E-state index in [9.17, 15) is 19.8 Å². The van der Waals surface area contributed by atoms with E-state index in [-0.39, 0.29) is 19.6 Å². The van der Waals surface area contributed by atoms with Gasteiger partial charge in [0.05, 0.1) is 31.0 Å². The molecule has 2 N–H and O–H groups in total. The molecule has 0 radical (unpaired) electrons. The lowest BCUT2D eigenvalue weighted by molar-refractivity contribution is -0.155. The lowest BCUT2D eigenvalue weighted by atomic mass is 9.92. The zero-order valence-corrected chi connectivity index (χ0v) is 49.9. The third kappa shape index (κ3) is 48.9. The number of aliphatic hydroxyl groups is 2. The normalized spacial score (nSPS) is 15.1. The standard InChI is InChI=1S/C68H130O6/c1-2-3-4-5-6-7-8-9-10-11-12-13-14-15-16-17-18-19-20-21-22-23-24-25-26-27-28-29-30-31-32-33-34-35-36-37-38-39-40-41-42-43-44-45-46-47-48-49-50-51-52-53-54-55-56-57-58-59-65-60-66(71)73-63-68(61-69,62-70)64-74-67(65)72/h55-56,65,69-70H,2-54,57-64H2,1H3/b56-55+. The Kier molecular flexibility index (Phi) is 55.1. The molecule has 1 rings (SSSR count). The summed E-state index contributed by atoms with van der Waals surface area (Å²) >= 11 is 0. The Morgan fingerprint density at radius 3 is 0.838 bits per heavy atom. The first-order valence-electron chi connectivity index (χ1n) is 33.8. The monoisotopic (exact) mass is 1040 g/mol. The van der Waals surface area contributed by atoms with Crippen molar-refractivity contribution in [2.45, 2.75) is 373 Å². The minimum atomic E-state index is -1.13. The van der Waals surface area contributed by atoms with Gasteiger partial charge in [-0.15, -0.1) is 0 Å². The number of carbonyl (C=O) groups is 2. The fraction of sp³-hybridized carbons (Fsp3) is 0.941. The summed E-state index contributed by atoms with van der Waals surface area (Å²) in [5, 5.41) is 19.2. The van der Waals surface area contributed by atoms with Crippen molar-refractivity contribution >= 4 is 11.9 Å². The van der Waals surface area contributed by atoms with Gasteiger partial charge >= 0.3 is 11.9 Å². The van der Waals surface area contributed by atoms with Gasteiger partial charge in [-0.25, -0.2) is 0 Å². The van der Waals surface area contributed by atoms with Gasteiger partial charge in [0, 0.05) is 0 Å². The number of ether oxygens (including phenoxy) is 2. The second-order valence-corrected chi connectivity index (χ2v) is 24.2. The fourth-order valence-electron chi connectivity index (χ4n) is 11.3. The molecule has 1 aliphatic rings. The second-order valence-electron chi connectivity index (χ2n) is 24.2. The highest BCUT2D eigenvalue weighted by Gasteiger charge is 2.36. The lowest BCUT2D eigenvalue weighted by Crippen LogP contribution is -2.40. The summed E-state index contributed by atoms with van der Waals surface area (Å²) in [5.41, 5.74) is -1.13. The maximum atomic E-state index is 12.5. The van der Waals surface area contributed by atoms with Crippen LogP contribution in [0.15, 0.2) is 12.2 Å². The van der Waals surface area contributed by atoms with Crippen LogP contribution >= 0.6 is 0 Å². The maximum Gasteiger partial charge on any atom is 0.309 e. The largest absolute Gasteiger partial charge is 0.465 e. The van der Waals surface area contributed by atoms with Crippen LogP contribution in [0.4, 0.5) is 0 Å². The molecule has 6 nitrogen and oxygen atoms in total. The number of hydrogen-bond donors (Lipinski definition) is 2. The smallest absolute Gasteiger partial charge is 0.309 e. The molecule has 0 saturated carbocycles. The molecule has 0 aromatic carbocycles. The van der Waals surface area contributed by atoms with Gasteiger partial charge in [-0.1, -0.05) is 347 Å². The first-order chi connectivity index (χ1) is 36.6. The molecule has 1 unspecified atom stereocenters. The molecule has 1 heterocycles. The maximum absolute atomic E-state index is 12.5. The fourth-order valence-corrected chi connectivity index (χ4v) is 11.3. The van der Waals surface area contributed by atoms with E-state index in [1.807, 2.05) is 0 Å². The highest BCUT2D eigenvalue weighted by Crippen LogP contribution is 2.25. The van der Waals surface area contributed by atoms with Crippen LogP contribution in [-0.4, -0.2) is 48.6 Å². The molecule has 74 heavy (non-hydrogen) atoms. The highest BCUT2D eigenvalue weighted by molar-refractivity contribution is 5.80. The Labute approximate surface area is 462 Å². The number of unbranched alkanes of at least 4 members (excludes halogenated alkanes) is 53. The molecular weight excluding hydrogens is 913 g/mol. The zero-order valence-electron chi connectivity index (χ0n) is 49.9. The van der Waals surface area contributed by atoms with Gasteiger partial charge in [0.15, 0.2) is 0 Å². The summed E-state index contributed by atoms with van der Waals surface area (Å²) in [5.74, 6) is -1.47. The van der Waals surface area contributed by atoms with Gasteiger partial charge in [0.25, 0.3) is 0 Å². The van der Waals surface area contributed by atoms with Crippen LogP contribution in [0.1, 0.15) is 373 Å². The van der Waals surface area contributed by atoms with E-state index in [0.717, 1.165) is 19.3 Å². The van der Waals surface area contributed by atoms with E-state index in [0.29, 0.717) is 6.42 Å². The highest BCUT2D eigenvalue weighted by atomic mass is 16.6. The topological polar surface area (TPSA) is 93.1 Å². The Hall–Kier alpha value is -1.40. The molecule has 0 aromatic heterocycles. The summed E-state index contributed by atoms with van der Waals surface area (Å²) in [6, 6.07) is 0. The lowest BCUT2D eigenvalue weighted by Gasteiger charge is -2.27. The van der Waals surface area contributed by atoms with Crippen molar-refractivity contribution < 1.29 is 29.3 Å². The molecule has 0 amide bonds. The average molecular weight is 1040 g/mol. The summed E-state index contributed by atoms with van der Waals surface area (Å²) < 4.78 is 10.6. The predicted octanol–water partition coefficient (Wildman–Crippen LogP) is 21.5. The van der Waals surface area contributed by atoms with Crippen LogP contribution in [-0.2, 0) is 19.1 Å². The minimum Gasteiger partial charge on any atom is -0.465 e. The molecule has 0 bridgehead atoms. The number of allylic oxidation sites excluding steroid dienone is 2. The molecular formula is C68H130O6. The predicted molar refractivity (Wildman–Crippen MR) is 320 cm³/mol. The van der Waals surface area contributed by atoms with Crippen molar-refractivity contribution in [2.75, 3.05) is 26.4 Å². The molecule has 0 aliphatic carbocycles. The van der Waals surface area contributed by atoms with Crippen LogP contribution in [0, 0.1) is 11.3 Å². The summed E-state index contributed by atoms with van der Waals surface area (Å²) in [7, 11) is 0. The van der Waals surface area contributed by atoms with Gasteiger partial charge < -0.3 is 19.7 Å². The molecule has 1 saturated heterocycles. The van der Waals surface area contributed by atoms with Gasteiger partial charge in [0.2, 0.25) is 0 Å². The first-order valence-corrected chi connectivity index (χ1v) is 33.8. The van der Waals surface area contributed by atoms with Gasteiger partial charge in [-0.2, -0.15) is 0 Å². The average Bonchev–Trinajstić information content (AvgIpc) is 3.47. The van der Waals surface area contributed by atoms with Crippen molar-refractivity contribution in [3.8, 4) is 0 Å². The molecule has 0 spiro atoms. The van der Waals surface area contributed by atoms with Crippen molar-refractivity contribution in [2.24, 2.45) is 11.3 Å². The third-order valence-corrected chi connectivity index (χ3v) is 16.8. The number of cyclic esters (lactones) is 2. The number of aliphatic hydroxyl groups excluding tert-OH is 2. The Morgan fingerprint density at radius 2 is 0.581 bits per heavy atom. The second kappa shape index (κ2) is 57.8. The first kappa shape index (κ1) is 70.6. The van der Waals surface area contributed by atoms with Crippen molar-refractivity contribution in [1.29, 1.82) is 0 Å². The molecule has 0 aromatic rings. The number of esters is 2. The minimum absolute atomic E-state index is 0.0185. The Bertz CT molecular complexity index is 1160. The molecule has 438 valence electrons. The molecule has 1 aliphatic heterocycles. The van der Waals surface area contributed by atoms with E-state index >= 15 is 0 Å². The van der Waals surface area contributed by atoms with E-state index in [1.54, 1.807) is 0 Å². The van der Waals surface area contributed by atoms with Crippen LogP contribution < -0.4 is 0 Å². The Balaban J connectivity index is 1.67. The summed E-state index contributed by atoms with van der Waals surface area (Å²) in [6.07, 6.45) is 83.3. The number of carbonyl (C=O) groups excluding carboxylic acids is 2. The van der Waals surface area contributed by atoms with Crippen LogP contribution in [0.5, 0.6) is 0 Å². The van der Waals surface area contributed by atoms with Crippen molar-refractivity contribution in [3.63, 3.8) is 0 Å². The van der Waals surface area contributed by atoms with E-state index < -0.39 is 36.5 Å². The quantitative estimate of drug-likeness (QED) is 0.0358. The number of hydrogen-bond acceptors (Lipinski definition) is 6. The van der Waals surface area contributed by atoms with Crippen LogP contribution in [0.2, 0.25) is 0 Å². The SMILES string of the molecule is CCCCCCCCCCCCCCCCCCCCCCCCCCCCCCCCCCCCCCCCCCCCCCCCCCCCCC/C=C/CCCC1CC(=O)OCC(CO)(CO)COC1=O. The van der Waals surface area contributed by atoms with Gasteiger partial charge in [-0.3, -0.25) is 9.59 Å². The summed E-state index contributed by atoms with van der Waals surface area (Å²) in [4.78, 5) is 24.7.